The third-order valence-electron chi connectivity index (χ3n) is 6.13. The summed E-state index contributed by atoms with van der Waals surface area (Å²) in [5.74, 6) is -0.265. The Morgan fingerprint density at radius 1 is 1.12 bits per heavy atom. The number of ether oxygens (including phenoxy) is 1. The molecule has 0 saturated heterocycles. The van der Waals surface area contributed by atoms with Crippen LogP contribution in [0, 0.1) is 5.92 Å². The molecule has 1 N–H and O–H groups in total. The molecule has 0 unspecified atom stereocenters. The van der Waals surface area contributed by atoms with Crippen molar-refractivity contribution in [1.82, 2.24) is 4.90 Å². The third-order valence-corrected chi connectivity index (χ3v) is 6.13. The molecule has 1 aliphatic heterocycles. The minimum Gasteiger partial charge on any atom is -0.507 e. The van der Waals surface area contributed by atoms with Crippen LogP contribution in [0.1, 0.15) is 64.5 Å². The molecule has 2 atom stereocenters. The van der Waals surface area contributed by atoms with Crippen LogP contribution in [0.15, 0.2) is 41.7 Å². The quantitative estimate of drug-likeness (QED) is 0.745. The van der Waals surface area contributed by atoms with Crippen LogP contribution in [0.4, 0.5) is 0 Å². The van der Waals surface area contributed by atoms with Crippen LogP contribution in [-0.2, 0) is 9.53 Å². The molecule has 26 heavy (non-hydrogen) atoms. The van der Waals surface area contributed by atoms with Gasteiger partial charge in [0.2, 0.25) is 0 Å². The topological polar surface area (TPSA) is 49.8 Å². The summed E-state index contributed by atoms with van der Waals surface area (Å²) in [5, 5.41) is 11.0. The maximum absolute atomic E-state index is 12.8. The van der Waals surface area contributed by atoms with E-state index in [9.17, 15) is 9.90 Å². The van der Waals surface area contributed by atoms with Crippen molar-refractivity contribution in [3.05, 3.63) is 47.2 Å². The minimum absolute atomic E-state index is 0.0367. The van der Waals surface area contributed by atoms with E-state index in [0.29, 0.717) is 5.57 Å². The Kier molecular flexibility index (Phi) is 5.71. The average molecular weight is 357 g/mol. The smallest absolute Gasteiger partial charge is 0.338 e. The zero-order chi connectivity index (χ0) is 18.7. The maximum atomic E-state index is 12.8. The average Bonchev–Trinajstić information content (AvgIpc) is 2.90. The largest absolute Gasteiger partial charge is 0.507 e. The van der Waals surface area contributed by atoms with Gasteiger partial charge in [0.25, 0.3) is 0 Å². The van der Waals surface area contributed by atoms with Gasteiger partial charge in [0, 0.05) is 12.0 Å². The molecule has 4 heteroatoms. The number of carbonyl (C=O) groups excluding carboxylic acids is 1. The van der Waals surface area contributed by atoms with Gasteiger partial charge in [-0.2, -0.15) is 0 Å². The van der Waals surface area contributed by atoms with Gasteiger partial charge < -0.3 is 9.84 Å². The molecule has 1 fully saturated rings. The van der Waals surface area contributed by atoms with Gasteiger partial charge in [-0.05, 0) is 44.3 Å². The Hall–Kier alpha value is -1.81. The second-order valence-electron chi connectivity index (χ2n) is 7.57. The van der Waals surface area contributed by atoms with Crippen molar-refractivity contribution in [3.63, 3.8) is 0 Å². The molecular formula is C22H31NO3. The number of hydrogen-bond acceptors (Lipinski definition) is 4. The zero-order valence-electron chi connectivity index (χ0n) is 16.2. The van der Waals surface area contributed by atoms with Gasteiger partial charge in [-0.1, -0.05) is 57.5 Å². The van der Waals surface area contributed by atoms with E-state index in [1.54, 1.807) is 0 Å². The van der Waals surface area contributed by atoms with E-state index >= 15 is 0 Å². The lowest BCUT2D eigenvalue weighted by atomic mass is 9.80. The zero-order valence-corrected chi connectivity index (χ0v) is 16.2. The second kappa shape index (κ2) is 7.83. The molecule has 3 rings (SSSR count). The van der Waals surface area contributed by atoms with E-state index in [1.165, 1.54) is 5.56 Å². The van der Waals surface area contributed by atoms with Gasteiger partial charge in [-0.25, -0.2) is 4.79 Å². The first-order chi connectivity index (χ1) is 12.5. The lowest BCUT2D eigenvalue weighted by Gasteiger charge is -2.35. The van der Waals surface area contributed by atoms with Crippen molar-refractivity contribution in [2.45, 2.75) is 64.5 Å². The van der Waals surface area contributed by atoms with E-state index < -0.39 is 5.60 Å². The number of carbonyl (C=O) groups is 1. The molecule has 0 bridgehead atoms. The summed E-state index contributed by atoms with van der Waals surface area (Å²) in [5.41, 5.74) is 0.887. The van der Waals surface area contributed by atoms with E-state index in [1.807, 2.05) is 25.1 Å². The van der Waals surface area contributed by atoms with Gasteiger partial charge in [-0.15, -0.1) is 0 Å². The van der Waals surface area contributed by atoms with E-state index in [4.69, 9.17) is 4.74 Å². The molecule has 0 radical (unpaired) electrons. The van der Waals surface area contributed by atoms with E-state index in [2.05, 4.69) is 30.9 Å². The highest BCUT2D eigenvalue weighted by Gasteiger charge is 2.51. The monoisotopic (exact) mass is 357 g/mol. The summed E-state index contributed by atoms with van der Waals surface area (Å²) in [6.45, 7) is 8.08. The van der Waals surface area contributed by atoms with Crippen LogP contribution < -0.4 is 0 Å². The molecule has 1 heterocycles. The Morgan fingerprint density at radius 3 is 2.31 bits per heavy atom. The predicted molar refractivity (Wildman–Crippen MR) is 103 cm³/mol. The van der Waals surface area contributed by atoms with Gasteiger partial charge in [0.05, 0.1) is 5.57 Å². The summed E-state index contributed by atoms with van der Waals surface area (Å²) >= 11 is 0. The van der Waals surface area contributed by atoms with E-state index in [-0.39, 0.29) is 23.7 Å². The molecule has 2 aliphatic rings. The van der Waals surface area contributed by atoms with Gasteiger partial charge in [0.15, 0.2) is 5.60 Å². The number of esters is 1. The van der Waals surface area contributed by atoms with Gasteiger partial charge in [0.1, 0.15) is 5.76 Å². The van der Waals surface area contributed by atoms with Crippen LogP contribution in [0.2, 0.25) is 0 Å². The van der Waals surface area contributed by atoms with Crippen molar-refractivity contribution in [2.24, 2.45) is 5.92 Å². The van der Waals surface area contributed by atoms with Crippen molar-refractivity contribution in [3.8, 4) is 0 Å². The maximum Gasteiger partial charge on any atom is 0.338 e. The molecule has 1 aromatic rings. The fourth-order valence-electron chi connectivity index (χ4n) is 4.73. The lowest BCUT2D eigenvalue weighted by Crippen LogP contribution is -2.35. The standard InChI is InChI=1S/C22H31NO3/c1-4-23(5-2)19(17-12-8-6-9-13-17)16(3)18-20(24)22(26-21(18)25)14-10-7-11-15-22/h6,8-9,12-13,16,19,24H,4-5,7,10-11,14-15H2,1-3H3/t16-,19+/m0/s1. The molecule has 142 valence electrons. The van der Waals surface area contributed by atoms with Crippen molar-refractivity contribution < 1.29 is 14.6 Å². The SMILES string of the molecule is CCN(CC)[C@@H](c1ccccc1)[C@@H](C)C1=C(O)C2(CCCCC2)OC1=O. The molecule has 1 saturated carbocycles. The van der Waals surface area contributed by atoms with Crippen LogP contribution in [0.25, 0.3) is 0 Å². The Labute approximate surface area is 156 Å². The third kappa shape index (κ3) is 3.27. The second-order valence-corrected chi connectivity index (χ2v) is 7.57. The number of aliphatic hydroxyl groups excluding tert-OH is 1. The van der Waals surface area contributed by atoms with Crippen molar-refractivity contribution in [1.29, 1.82) is 0 Å². The number of nitrogens with zero attached hydrogens (tertiary/aromatic N) is 1. The molecule has 1 aromatic carbocycles. The number of benzene rings is 1. The number of hydrogen-bond donors (Lipinski definition) is 1. The van der Waals surface area contributed by atoms with Crippen LogP contribution >= 0.6 is 0 Å². The first-order valence-corrected chi connectivity index (χ1v) is 10.00. The summed E-state index contributed by atoms with van der Waals surface area (Å²) in [7, 11) is 0. The van der Waals surface area contributed by atoms with Crippen LogP contribution in [-0.4, -0.2) is 34.7 Å². The van der Waals surface area contributed by atoms with Crippen LogP contribution in [0.3, 0.4) is 0 Å². The Bertz CT molecular complexity index is 657. The van der Waals surface area contributed by atoms with Crippen molar-refractivity contribution in [2.75, 3.05) is 13.1 Å². The highest BCUT2D eigenvalue weighted by atomic mass is 16.6. The number of rotatable bonds is 6. The summed E-state index contributed by atoms with van der Waals surface area (Å²) in [6, 6.07) is 10.3. The lowest BCUT2D eigenvalue weighted by molar-refractivity contribution is -0.151. The van der Waals surface area contributed by atoms with Crippen LogP contribution in [0.5, 0.6) is 0 Å². The molecule has 1 aliphatic carbocycles. The normalized spacial score (nSPS) is 21.9. The summed E-state index contributed by atoms with van der Waals surface area (Å²) in [4.78, 5) is 15.1. The molecule has 0 aromatic heterocycles. The van der Waals surface area contributed by atoms with E-state index in [0.717, 1.165) is 45.2 Å². The fourth-order valence-corrected chi connectivity index (χ4v) is 4.73. The fraction of sp³-hybridized carbons (Fsp3) is 0.591. The summed E-state index contributed by atoms with van der Waals surface area (Å²) < 4.78 is 5.79. The summed E-state index contributed by atoms with van der Waals surface area (Å²) in [6.07, 6.45) is 4.61. The molecule has 4 nitrogen and oxygen atoms in total. The van der Waals surface area contributed by atoms with Gasteiger partial charge >= 0.3 is 5.97 Å². The Balaban J connectivity index is 2.00. The minimum atomic E-state index is -0.760. The van der Waals surface area contributed by atoms with Gasteiger partial charge in [-0.3, -0.25) is 4.90 Å². The number of aliphatic hydroxyl groups is 1. The Morgan fingerprint density at radius 2 is 1.73 bits per heavy atom. The van der Waals surface area contributed by atoms with Crippen molar-refractivity contribution >= 4 is 5.97 Å². The first-order valence-electron chi connectivity index (χ1n) is 10.00. The molecular weight excluding hydrogens is 326 g/mol. The highest BCUT2D eigenvalue weighted by molar-refractivity contribution is 5.93. The predicted octanol–water partition coefficient (Wildman–Crippen LogP) is 4.78. The first kappa shape index (κ1) is 19.0. The highest BCUT2D eigenvalue weighted by Crippen LogP contribution is 2.46. The molecule has 1 spiro atoms. The molecule has 0 amide bonds.